The van der Waals surface area contributed by atoms with Gasteiger partial charge in [-0.15, -0.1) is 0 Å². The Morgan fingerprint density at radius 3 is 2.48 bits per heavy atom. The predicted octanol–water partition coefficient (Wildman–Crippen LogP) is 2.36. The largest absolute Gasteiger partial charge is 0.448 e. The molecule has 27 heavy (non-hydrogen) atoms. The van der Waals surface area contributed by atoms with Gasteiger partial charge in [0.15, 0.2) is 6.10 Å². The summed E-state index contributed by atoms with van der Waals surface area (Å²) in [6.07, 6.45) is 1.45. The highest BCUT2D eigenvalue weighted by Crippen LogP contribution is 2.21. The number of rotatable bonds is 4. The average molecular weight is 371 g/mol. The number of esters is 1. The number of likely N-dealkylation sites (tertiary alicyclic amines) is 1. The zero-order valence-electron chi connectivity index (χ0n) is 15.8. The molecule has 1 atom stereocenters. The molecule has 144 valence electrons. The van der Waals surface area contributed by atoms with Crippen LogP contribution in [0.4, 0.5) is 5.69 Å². The van der Waals surface area contributed by atoms with Crippen molar-refractivity contribution in [3.05, 3.63) is 30.3 Å². The maximum atomic E-state index is 12.5. The van der Waals surface area contributed by atoms with Gasteiger partial charge in [0.05, 0.1) is 5.69 Å². The van der Waals surface area contributed by atoms with Crippen molar-refractivity contribution in [1.29, 1.82) is 0 Å². The highest BCUT2D eigenvalue weighted by atomic mass is 16.5. The number of para-hydroxylation sites is 1. The molecule has 1 aromatic rings. The Balaban J connectivity index is 1.64. The summed E-state index contributed by atoms with van der Waals surface area (Å²) in [4.78, 5) is 38.9. The summed E-state index contributed by atoms with van der Waals surface area (Å²) in [7, 11) is 0. The summed E-state index contributed by atoms with van der Waals surface area (Å²) in [6, 6.07) is 8.93. The van der Waals surface area contributed by atoms with E-state index >= 15 is 0 Å². The predicted molar refractivity (Wildman–Crippen MR) is 101 cm³/mol. The van der Waals surface area contributed by atoms with Gasteiger partial charge in [0.1, 0.15) is 5.71 Å². The van der Waals surface area contributed by atoms with Crippen LogP contribution in [-0.2, 0) is 19.1 Å². The fourth-order valence-corrected chi connectivity index (χ4v) is 3.24. The standard InChI is InChI=1S/C20H25N3O4/c1-14-10-12-22(13-11-14)19(25)15(2)27-20(26)17-8-9-18(24)23(21-17)16-6-4-3-5-7-16/h3-7,14-15H,8-13H2,1-2H3/t15-/m1/s1. The molecule has 2 heterocycles. The van der Waals surface area contributed by atoms with E-state index in [1.54, 1.807) is 36.1 Å². The van der Waals surface area contributed by atoms with Crippen LogP contribution in [-0.4, -0.2) is 47.6 Å². The van der Waals surface area contributed by atoms with Crippen LogP contribution in [0.25, 0.3) is 0 Å². The lowest BCUT2D eigenvalue weighted by molar-refractivity contribution is -0.154. The molecule has 0 aromatic heterocycles. The summed E-state index contributed by atoms with van der Waals surface area (Å²) in [5, 5.41) is 5.39. The maximum absolute atomic E-state index is 12.5. The summed E-state index contributed by atoms with van der Waals surface area (Å²) >= 11 is 0. The second kappa shape index (κ2) is 8.33. The molecule has 2 aliphatic rings. The van der Waals surface area contributed by atoms with E-state index in [0.29, 0.717) is 24.7 Å². The van der Waals surface area contributed by atoms with Crippen LogP contribution in [0.5, 0.6) is 0 Å². The van der Waals surface area contributed by atoms with Crippen LogP contribution >= 0.6 is 0 Å². The van der Waals surface area contributed by atoms with Gasteiger partial charge in [0, 0.05) is 25.9 Å². The molecule has 2 aliphatic heterocycles. The highest BCUT2D eigenvalue weighted by Gasteiger charge is 2.31. The smallest absolute Gasteiger partial charge is 0.355 e. The average Bonchev–Trinajstić information content (AvgIpc) is 2.69. The van der Waals surface area contributed by atoms with E-state index in [-0.39, 0.29) is 30.4 Å². The van der Waals surface area contributed by atoms with Crippen LogP contribution in [0.15, 0.2) is 35.4 Å². The van der Waals surface area contributed by atoms with E-state index in [2.05, 4.69) is 12.0 Å². The molecular weight excluding hydrogens is 346 g/mol. The Morgan fingerprint density at radius 2 is 1.81 bits per heavy atom. The Labute approximate surface area is 159 Å². The molecular formula is C20H25N3O4. The molecule has 1 saturated heterocycles. The molecule has 0 radical (unpaired) electrons. The molecule has 0 N–H and O–H groups in total. The lowest BCUT2D eigenvalue weighted by Crippen LogP contribution is -2.45. The first kappa shape index (κ1) is 19.1. The van der Waals surface area contributed by atoms with Crippen molar-refractivity contribution < 1.29 is 19.1 Å². The van der Waals surface area contributed by atoms with Crippen LogP contribution in [0, 0.1) is 5.92 Å². The number of carbonyl (C=O) groups excluding carboxylic acids is 3. The first-order valence-electron chi connectivity index (χ1n) is 9.41. The topological polar surface area (TPSA) is 79.3 Å². The third-order valence-corrected chi connectivity index (χ3v) is 5.00. The minimum Gasteiger partial charge on any atom is -0.448 e. The molecule has 2 amide bonds. The Hall–Kier alpha value is -2.70. The van der Waals surface area contributed by atoms with E-state index in [1.807, 2.05) is 6.07 Å². The maximum Gasteiger partial charge on any atom is 0.355 e. The number of hydrazone groups is 1. The van der Waals surface area contributed by atoms with Crippen LogP contribution in [0.2, 0.25) is 0 Å². The quantitative estimate of drug-likeness (QED) is 0.761. The van der Waals surface area contributed by atoms with E-state index < -0.39 is 12.1 Å². The Morgan fingerprint density at radius 1 is 1.15 bits per heavy atom. The number of amides is 2. The van der Waals surface area contributed by atoms with Crippen molar-refractivity contribution >= 4 is 29.2 Å². The fourth-order valence-electron chi connectivity index (χ4n) is 3.24. The van der Waals surface area contributed by atoms with Gasteiger partial charge < -0.3 is 9.64 Å². The normalized spacial score (nSPS) is 19.5. The number of carbonyl (C=O) groups is 3. The van der Waals surface area contributed by atoms with Gasteiger partial charge in [0.25, 0.3) is 5.91 Å². The molecule has 7 heteroatoms. The third-order valence-electron chi connectivity index (χ3n) is 5.00. The molecule has 7 nitrogen and oxygen atoms in total. The van der Waals surface area contributed by atoms with Crippen LogP contribution in [0.3, 0.4) is 0 Å². The van der Waals surface area contributed by atoms with Gasteiger partial charge in [0.2, 0.25) is 5.91 Å². The van der Waals surface area contributed by atoms with E-state index in [1.165, 1.54) is 5.01 Å². The minimum absolute atomic E-state index is 0.158. The zero-order chi connectivity index (χ0) is 19.4. The van der Waals surface area contributed by atoms with Gasteiger partial charge in [-0.3, -0.25) is 9.59 Å². The zero-order valence-corrected chi connectivity index (χ0v) is 15.8. The SMILES string of the molecule is CC1CCN(C(=O)[C@@H](C)OC(=O)C2=NN(c3ccccc3)C(=O)CC2)CC1. The Kier molecular flexibility index (Phi) is 5.88. The lowest BCUT2D eigenvalue weighted by Gasteiger charge is -2.32. The van der Waals surface area contributed by atoms with Crippen molar-refractivity contribution in [2.75, 3.05) is 18.1 Å². The first-order valence-corrected chi connectivity index (χ1v) is 9.41. The molecule has 1 fully saturated rings. The van der Waals surface area contributed by atoms with E-state index in [9.17, 15) is 14.4 Å². The minimum atomic E-state index is -0.864. The molecule has 3 rings (SSSR count). The third kappa shape index (κ3) is 4.53. The number of anilines is 1. The van der Waals surface area contributed by atoms with Gasteiger partial charge in [-0.2, -0.15) is 5.10 Å². The van der Waals surface area contributed by atoms with Crippen LogP contribution in [0.1, 0.15) is 39.5 Å². The summed E-state index contributed by atoms with van der Waals surface area (Å²) in [6.45, 7) is 5.15. The van der Waals surface area contributed by atoms with Crippen molar-refractivity contribution in [1.82, 2.24) is 4.90 Å². The van der Waals surface area contributed by atoms with Crippen molar-refractivity contribution in [3.8, 4) is 0 Å². The van der Waals surface area contributed by atoms with Crippen molar-refractivity contribution in [2.45, 2.75) is 45.6 Å². The van der Waals surface area contributed by atoms with E-state index in [4.69, 9.17) is 4.74 Å². The Bertz CT molecular complexity index is 739. The highest BCUT2D eigenvalue weighted by molar-refractivity contribution is 6.38. The molecule has 1 aromatic carbocycles. The van der Waals surface area contributed by atoms with Crippen LogP contribution < -0.4 is 5.01 Å². The second-order valence-electron chi connectivity index (χ2n) is 7.14. The van der Waals surface area contributed by atoms with Gasteiger partial charge >= 0.3 is 5.97 Å². The van der Waals surface area contributed by atoms with Gasteiger partial charge in [-0.25, -0.2) is 9.80 Å². The molecule has 0 unspecified atom stereocenters. The number of ether oxygens (including phenoxy) is 1. The number of piperidine rings is 1. The van der Waals surface area contributed by atoms with Gasteiger partial charge in [-0.05, 0) is 37.8 Å². The number of hydrogen-bond acceptors (Lipinski definition) is 5. The fraction of sp³-hybridized carbons (Fsp3) is 0.500. The van der Waals surface area contributed by atoms with Gasteiger partial charge in [-0.1, -0.05) is 25.1 Å². The summed E-state index contributed by atoms with van der Waals surface area (Å²) < 4.78 is 5.35. The lowest BCUT2D eigenvalue weighted by atomic mass is 9.99. The number of nitrogens with zero attached hydrogens (tertiary/aromatic N) is 3. The summed E-state index contributed by atoms with van der Waals surface area (Å²) in [5.41, 5.74) is 0.754. The second-order valence-corrected chi connectivity index (χ2v) is 7.14. The molecule has 0 saturated carbocycles. The number of benzene rings is 1. The molecule has 0 bridgehead atoms. The van der Waals surface area contributed by atoms with Crippen molar-refractivity contribution in [3.63, 3.8) is 0 Å². The van der Waals surface area contributed by atoms with E-state index in [0.717, 1.165) is 12.8 Å². The number of hydrogen-bond donors (Lipinski definition) is 0. The summed E-state index contributed by atoms with van der Waals surface area (Å²) in [5.74, 6) is -0.383. The first-order chi connectivity index (χ1) is 13.0. The van der Waals surface area contributed by atoms with Crippen molar-refractivity contribution in [2.24, 2.45) is 11.0 Å². The monoisotopic (exact) mass is 371 g/mol. The molecule has 0 spiro atoms. The molecule has 0 aliphatic carbocycles.